The minimum absolute atomic E-state index is 0.0523. The molecule has 1 aromatic heterocycles. The van der Waals surface area contributed by atoms with Crippen LogP contribution in [0.3, 0.4) is 0 Å². The van der Waals surface area contributed by atoms with Crippen LogP contribution in [0.15, 0.2) is 24.3 Å². The van der Waals surface area contributed by atoms with E-state index in [-0.39, 0.29) is 36.2 Å². The SMILES string of the molecule is CCc1ccccc1Nc1nc(N)nc(COC(=O)C2CCN(C(=O)C(C)(C)C)CC2)n1. The first-order valence-electron chi connectivity index (χ1n) is 11.0. The molecule has 0 unspecified atom stereocenters. The van der Waals surface area contributed by atoms with Crippen molar-refractivity contribution in [1.82, 2.24) is 19.9 Å². The van der Waals surface area contributed by atoms with Crippen LogP contribution in [0.1, 0.15) is 51.9 Å². The van der Waals surface area contributed by atoms with Crippen LogP contribution in [0.25, 0.3) is 0 Å². The van der Waals surface area contributed by atoms with Gasteiger partial charge in [0.1, 0.15) is 0 Å². The van der Waals surface area contributed by atoms with E-state index in [0.717, 1.165) is 17.7 Å². The lowest BCUT2D eigenvalue weighted by Crippen LogP contribution is -2.45. The Balaban J connectivity index is 1.57. The Morgan fingerprint density at radius 1 is 1.16 bits per heavy atom. The number of aryl methyl sites for hydroxylation is 1. The summed E-state index contributed by atoms with van der Waals surface area (Å²) in [5.41, 5.74) is 7.42. The van der Waals surface area contributed by atoms with Gasteiger partial charge in [-0.3, -0.25) is 9.59 Å². The van der Waals surface area contributed by atoms with E-state index < -0.39 is 5.41 Å². The number of hydrogen-bond donors (Lipinski definition) is 2. The van der Waals surface area contributed by atoms with Gasteiger partial charge < -0.3 is 20.7 Å². The molecular formula is C23H32N6O3. The zero-order valence-corrected chi connectivity index (χ0v) is 19.2. The fourth-order valence-electron chi connectivity index (χ4n) is 3.68. The molecule has 1 fully saturated rings. The molecule has 0 atom stereocenters. The summed E-state index contributed by atoms with van der Waals surface area (Å²) in [4.78, 5) is 39.3. The fourth-order valence-corrected chi connectivity index (χ4v) is 3.68. The summed E-state index contributed by atoms with van der Waals surface area (Å²) in [6.45, 7) is 8.80. The van der Waals surface area contributed by atoms with E-state index in [1.165, 1.54) is 0 Å². The average molecular weight is 441 g/mol. The number of piperidine rings is 1. The normalized spacial score (nSPS) is 14.8. The number of carbonyl (C=O) groups is 2. The number of esters is 1. The molecule has 1 amide bonds. The number of benzene rings is 1. The lowest BCUT2D eigenvalue weighted by Gasteiger charge is -2.34. The van der Waals surface area contributed by atoms with Crippen LogP contribution in [-0.2, 0) is 27.4 Å². The zero-order valence-electron chi connectivity index (χ0n) is 19.2. The molecule has 1 aliphatic rings. The molecule has 1 aliphatic heterocycles. The van der Waals surface area contributed by atoms with Crippen LogP contribution in [0.5, 0.6) is 0 Å². The van der Waals surface area contributed by atoms with E-state index in [9.17, 15) is 9.59 Å². The minimum atomic E-state index is -0.421. The van der Waals surface area contributed by atoms with Crippen molar-refractivity contribution in [3.8, 4) is 0 Å². The first-order chi connectivity index (χ1) is 15.2. The molecule has 9 nitrogen and oxygen atoms in total. The van der Waals surface area contributed by atoms with Gasteiger partial charge in [-0.25, -0.2) is 0 Å². The quantitative estimate of drug-likeness (QED) is 0.657. The number of nitrogens with two attached hydrogens (primary N) is 1. The number of aromatic nitrogens is 3. The maximum atomic E-state index is 12.5. The van der Waals surface area contributed by atoms with Crippen molar-refractivity contribution < 1.29 is 14.3 Å². The molecule has 3 N–H and O–H groups in total. The number of hydrogen-bond acceptors (Lipinski definition) is 8. The van der Waals surface area contributed by atoms with Crippen molar-refractivity contribution in [3.63, 3.8) is 0 Å². The lowest BCUT2D eigenvalue weighted by molar-refractivity contribution is -0.154. The van der Waals surface area contributed by atoms with Gasteiger partial charge in [0.05, 0.1) is 5.92 Å². The van der Waals surface area contributed by atoms with Crippen LogP contribution < -0.4 is 11.1 Å². The summed E-state index contributed by atoms with van der Waals surface area (Å²) in [6, 6.07) is 7.86. The molecular weight excluding hydrogens is 408 g/mol. The van der Waals surface area contributed by atoms with Gasteiger partial charge in [0.15, 0.2) is 12.4 Å². The number of ether oxygens (including phenoxy) is 1. The molecule has 1 saturated heterocycles. The third-order valence-electron chi connectivity index (χ3n) is 5.44. The van der Waals surface area contributed by atoms with E-state index in [4.69, 9.17) is 10.5 Å². The highest BCUT2D eigenvalue weighted by molar-refractivity contribution is 5.82. The van der Waals surface area contributed by atoms with Crippen molar-refractivity contribution in [3.05, 3.63) is 35.7 Å². The Labute approximate surface area is 188 Å². The van der Waals surface area contributed by atoms with Gasteiger partial charge in [0.2, 0.25) is 17.8 Å². The number of nitrogens with one attached hydrogen (secondary N) is 1. The average Bonchev–Trinajstić information content (AvgIpc) is 2.76. The van der Waals surface area contributed by atoms with E-state index in [1.807, 2.05) is 49.9 Å². The number of likely N-dealkylation sites (tertiary alicyclic amines) is 1. The standard InChI is InChI=1S/C23H32N6O3/c1-5-15-8-6-7-9-17(15)25-22-27-18(26-21(24)28-22)14-32-19(30)16-10-12-29(13-11-16)20(31)23(2,3)4/h6-9,16H,5,10-14H2,1-4H3,(H3,24,25,26,27,28). The van der Waals surface area contributed by atoms with E-state index >= 15 is 0 Å². The zero-order chi connectivity index (χ0) is 23.3. The number of rotatable bonds is 6. The molecule has 0 spiro atoms. The van der Waals surface area contributed by atoms with Gasteiger partial charge >= 0.3 is 5.97 Å². The predicted molar refractivity (Wildman–Crippen MR) is 122 cm³/mol. The van der Waals surface area contributed by atoms with E-state index in [1.54, 1.807) is 0 Å². The van der Waals surface area contributed by atoms with Gasteiger partial charge in [-0.2, -0.15) is 15.0 Å². The number of nitrogens with zero attached hydrogens (tertiary/aromatic N) is 4. The van der Waals surface area contributed by atoms with Crippen LogP contribution in [0, 0.1) is 11.3 Å². The second kappa shape index (κ2) is 9.93. The van der Waals surface area contributed by atoms with Crippen molar-refractivity contribution in [2.45, 2.75) is 53.6 Å². The highest BCUT2D eigenvalue weighted by atomic mass is 16.5. The molecule has 2 heterocycles. The monoisotopic (exact) mass is 440 g/mol. The number of amides is 1. The molecule has 2 aromatic rings. The van der Waals surface area contributed by atoms with Gasteiger partial charge in [0.25, 0.3) is 0 Å². The molecule has 172 valence electrons. The van der Waals surface area contributed by atoms with Crippen LogP contribution in [0.2, 0.25) is 0 Å². The van der Waals surface area contributed by atoms with Crippen molar-refractivity contribution in [2.24, 2.45) is 11.3 Å². The van der Waals surface area contributed by atoms with Gasteiger partial charge in [-0.15, -0.1) is 0 Å². The van der Waals surface area contributed by atoms with Crippen molar-refractivity contribution >= 4 is 29.5 Å². The molecule has 1 aromatic carbocycles. The van der Waals surface area contributed by atoms with E-state index in [2.05, 4.69) is 27.2 Å². The summed E-state index contributed by atoms with van der Waals surface area (Å²) >= 11 is 0. The van der Waals surface area contributed by atoms with Crippen LogP contribution in [-0.4, -0.2) is 44.8 Å². The van der Waals surface area contributed by atoms with Crippen LogP contribution in [0.4, 0.5) is 17.6 Å². The maximum Gasteiger partial charge on any atom is 0.309 e. The first-order valence-corrected chi connectivity index (χ1v) is 11.0. The van der Waals surface area contributed by atoms with E-state index in [0.29, 0.717) is 31.9 Å². The predicted octanol–water partition coefficient (Wildman–Crippen LogP) is 3.09. The second-order valence-corrected chi connectivity index (χ2v) is 8.99. The number of para-hydroxylation sites is 1. The topological polar surface area (TPSA) is 123 Å². The second-order valence-electron chi connectivity index (χ2n) is 8.99. The summed E-state index contributed by atoms with van der Waals surface area (Å²) in [5.74, 6) is 0.192. The Morgan fingerprint density at radius 3 is 2.50 bits per heavy atom. The molecule has 0 aliphatic carbocycles. The summed E-state index contributed by atoms with van der Waals surface area (Å²) in [6.07, 6.45) is 2.02. The minimum Gasteiger partial charge on any atom is -0.457 e. The summed E-state index contributed by atoms with van der Waals surface area (Å²) in [7, 11) is 0. The smallest absolute Gasteiger partial charge is 0.309 e. The number of nitrogen functional groups attached to an aromatic ring is 1. The maximum absolute atomic E-state index is 12.5. The van der Waals surface area contributed by atoms with Gasteiger partial charge in [-0.1, -0.05) is 45.9 Å². The highest BCUT2D eigenvalue weighted by Crippen LogP contribution is 2.25. The van der Waals surface area contributed by atoms with Crippen molar-refractivity contribution in [1.29, 1.82) is 0 Å². The molecule has 9 heteroatoms. The Hall–Kier alpha value is -3.23. The molecule has 0 radical (unpaired) electrons. The third-order valence-corrected chi connectivity index (χ3v) is 5.44. The first kappa shape index (κ1) is 23.4. The Kier molecular flexibility index (Phi) is 7.27. The number of anilines is 3. The summed E-state index contributed by atoms with van der Waals surface area (Å²) in [5, 5.41) is 3.16. The lowest BCUT2D eigenvalue weighted by atomic mass is 9.91. The Morgan fingerprint density at radius 2 is 1.84 bits per heavy atom. The molecule has 32 heavy (non-hydrogen) atoms. The van der Waals surface area contributed by atoms with Gasteiger partial charge in [-0.05, 0) is 30.9 Å². The Bertz CT molecular complexity index is 964. The molecule has 0 saturated carbocycles. The third kappa shape index (κ3) is 5.93. The highest BCUT2D eigenvalue weighted by Gasteiger charge is 2.33. The van der Waals surface area contributed by atoms with Crippen LogP contribution >= 0.6 is 0 Å². The van der Waals surface area contributed by atoms with Crippen molar-refractivity contribution in [2.75, 3.05) is 24.1 Å². The fraction of sp³-hybridized carbons (Fsp3) is 0.522. The van der Waals surface area contributed by atoms with Gasteiger partial charge in [0, 0.05) is 24.2 Å². The molecule has 0 bridgehead atoms. The number of carbonyl (C=O) groups excluding carboxylic acids is 2. The largest absolute Gasteiger partial charge is 0.457 e. The molecule has 3 rings (SSSR count). The summed E-state index contributed by atoms with van der Waals surface area (Å²) < 4.78 is 5.46.